The third-order valence-electron chi connectivity index (χ3n) is 1.33. The molecule has 1 heterocycles. The van der Waals surface area contributed by atoms with Crippen LogP contribution >= 0.6 is 0 Å². The Bertz CT molecular complexity index is 118. The summed E-state index contributed by atoms with van der Waals surface area (Å²) >= 11 is 0. The standard InChI is InChI=1S/C4H14O4Si4.2CH3.2Y/c1-9-5-10(2)7-12(4)8-11(3)6-9;;;;/h9,12H,1-4H3;2*1H3;;/q;2*-1;;. The predicted molar refractivity (Wildman–Crippen MR) is 66.4 cm³/mol. The summed E-state index contributed by atoms with van der Waals surface area (Å²) < 4.78 is 22.4. The maximum Gasteiger partial charge on any atom is 0.361 e. The Hall–Kier alpha value is 2.92. The van der Waals surface area contributed by atoms with Gasteiger partial charge in [-0.25, -0.2) is 0 Å². The molecule has 0 aromatic rings. The summed E-state index contributed by atoms with van der Waals surface area (Å²) in [7, 11) is -5.06. The van der Waals surface area contributed by atoms with Gasteiger partial charge in [0.05, 0.1) is 0 Å². The van der Waals surface area contributed by atoms with E-state index >= 15 is 0 Å². The molecule has 0 N–H and O–H groups in total. The molecule has 4 nitrogen and oxygen atoms in total. The molecule has 92 valence electrons. The van der Waals surface area contributed by atoms with Gasteiger partial charge in [0.1, 0.15) is 0 Å². The molecule has 0 unspecified atom stereocenters. The second kappa shape index (κ2) is 14.3. The molecule has 1 saturated heterocycles. The van der Waals surface area contributed by atoms with Crippen molar-refractivity contribution in [2.24, 2.45) is 0 Å². The van der Waals surface area contributed by atoms with Gasteiger partial charge in [-0.15, -0.1) is 0 Å². The van der Waals surface area contributed by atoms with Crippen LogP contribution in [-0.2, 0) is 81.9 Å². The van der Waals surface area contributed by atoms with E-state index in [0.717, 1.165) is 0 Å². The van der Waals surface area contributed by atoms with Gasteiger partial charge in [0.25, 0.3) is 18.6 Å². The zero-order valence-electron chi connectivity index (χ0n) is 10.9. The average Bonchev–Trinajstić information content (AvgIpc) is 1.81. The molecule has 10 heteroatoms. The molecule has 1 aliphatic rings. The summed E-state index contributed by atoms with van der Waals surface area (Å²) in [5.41, 5.74) is 0. The van der Waals surface area contributed by atoms with Crippen LogP contribution in [0.15, 0.2) is 0 Å². The fraction of sp³-hybridized carbons (Fsp3) is 0.667. The van der Waals surface area contributed by atoms with Crippen molar-refractivity contribution >= 4 is 37.1 Å². The average molecular weight is 446 g/mol. The fourth-order valence-corrected chi connectivity index (χ4v) is 11.2. The molecule has 0 atom stereocenters. The van der Waals surface area contributed by atoms with Gasteiger partial charge < -0.3 is 31.3 Å². The van der Waals surface area contributed by atoms with E-state index < -0.39 is 37.1 Å². The summed E-state index contributed by atoms with van der Waals surface area (Å²) in [6.45, 7) is 8.04. The van der Waals surface area contributed by atoms with Crippen LogP contribution in [0.3, 0.4) is 0 Å². The summed E-state index contributed by atoms with van der Waals surface area (Å²) in [6.07, 6.45) is 0. The SMILES string of the molecule is C[Si]1O[SiH](C)O[Si](C)O[SiH](C)O1.[CH3-].[CH3-].[Y].[Y]. The van der Waals surface area contributed by atoms with Crippen molar-refractivity contribution in [3.63, 3.8) is 0 Å². The van der Waals surface area contributed by atoms with E-state index in [1.54, 1.807) is 0 Å². The Balaban J connectivity index is -0.000000180. The Morgan fingerprint density at radius 1 is 0.688 bits per heavy atom. The molecule has 1 fully saturated rings. The largest absolute Gasteiger partial charge is 0.417 e. The molecule has 1 rings (SSSR count). The zero-order chi connectivity index (χ0) is 9.14. The van der Waals surface area contributed by atoms with Gasteiger partial charge in [-0.2, -0.15) is 0 Å². The first-order valence-corrected chi connectivity index (χ1v) is 11.7. The topological polar surface area (TPSA) is 36.9 Å². The van der Waals surface area contributed by atoms with Crippen molar-refractivity contribution in [1.82, 2.24) is 0 Å². The first-order chi connectivity index (χ1) is 5.58. The molecule has 0 bridgehead atoms. The molecular weight excluding hydrogens is 426 g/mol. The summed E-state index contributed by atoms with van der Waals surface area (Å²) in [5.74, 6) is 0. The van der Waals surface area contributed by atoms with Crippen LogP contribution in [0.4, 0.5) is 0 Å². The van der Waals surface area contributed by atoms with Crippen molar-refractivity contribution in [2.45, 2.75) is 26.2 Å². The molecule has 0 aromatic heterocycles. The summed E-state index contributed by atoms with van der Waals surface area (Å²) in [4.78, 5) is 0. The van der Waals surface area contributed by atoms with E-state index in [9.17, 15) is 0 Å². The number of hydrogen-bond donors (Lipinski definition) is 0. The normalized spacial score (nSPS) is 27.0. The molecule has 0 aliphatic carbocycles. The van der Waals surface area contributed by atoms with Gasteiger partial charge in [-0.05, 0) is 26.2 Å². The Morgan fingerprint density at radius 2 is 0.875 bits per heavy atom. The van der Waals surface area contributed by atoms with Crippen molar-refractivity contribution in [2.75, 3.05) is 0 Å². The van der Waals surface area contributed by atoms with E-state index in [0.29, 0.717) is 0 Å². The second-order valence-electron chi connectivity index (χ2n) is 2.59. The first-order valence-electron chi connectivity index (χ1n) is 3.91. The van der Waals surface area contributed by atoms with Crippen molar-refractivity contribution in [3.05, 3.63) is 14.9 Å². The second-order valence-corrected chi connectivity index (χ2v) is 10.6. The molecule has 0 spiro atoms. The molecule has 4 radical (unpaired) electrons. The van der Waals surface area contributed by atoms with Crippen LogP contribution in [0.2, 0.25) is 26.2 Å². The van der Waals surface area contributed by atoms with E-state index in [4.69, 9.17) is 16.5 Å². The molecule has 1 aliphatic heterocycles. The van der Waals surface area contributed by atoms with Crippen molar-refractivity contribution in [3.8, 4) is 0 Å². The predicted octanol–water partition coefficient (Wildman–Crippen LogP) is 0.899. The smallest absolute Gasteiger partial charge is 0.361 e. The number of rotatable bonds is 0. The van der Waals surface area contributed by atoms with Gasteiger partial charge in [-0.1, -0.05) is 0 Å². The Morgan fingerprint density at radius 3 is 1.06 bits per heavy atom. The van der Waals surface area contributed by atoms with Crippen LogP contribution in [0.5, 0.6) is 0 Å². The van der Waals surface area contributed by atoms with E-state index in [1.807, 2.05) is 26.2 Å². The molecule has 0 amide bonds. The summed E-state index contributed by atoms with van der Waals surface area (Å²) in [6, 6.07) is 0. The van der Waals surface area contributed by atoms with Crippen LogP contribution in [0, 0.1) is 14.9 Å². The van der Waals surface area contributed by atoms with E-state index in [1.165, 1.54) is 0 Å². The minimum Gasteiger partial charge on any atom is -0.417 e. The van der Waals surface area contributed by atoms with Crippen LogP contribution < -0.4 is 0 Å². The fourth-order valence-electron chi connectivity index (χ4n) is 1.04. The third kappa shape index (κ3) is 12.0. The quantitative estimate of drug-likeness (QED) is 0.410. The van der Waals surface area contributed by atoms with E-state index in [2.05, 4.69) is 0 Å². The number of hydrogen-bond acceptors (Lipinski definition) is 4. The zero-order valence-corrected chi connectivity index (χ0v) is 20.9. The maximum absolute atomic E-state index is 5.61. The van der Waals surface area contributed by atoms with Gasteiger partial charge in [0.15, 0.2) is 0 Å². The van der Waals surface area contributed by atoms with Crippen LogP contribution in [0.1, 0.15) is 0 Å². The minimum absolute atomic E-state index is 0. The molecule has 16 heavy (non-hydrogen) atoms. The Labute approximate surface area is 158 Å². The molecular formula is C6H20O4Si4Y2-2. The van der Waals surface area contributed by atoms with Gasteiger partial charge in [-0.3, -0.25) is 0 Å². The van der Waals surface area contributed by atoms with Crippen molar-refractivity contribution < 1.29 is 81.9 Å². The van der Waals surface area contributed by atoms with Gasteiger partial charge in [0, 0.05) is 65.4 Å². The molecule has 0 saturated carbocycles. The third-order valence-corrected chi connectivity index (χ3v) is 11.9. The van der Waals surface area contributed by atoms with E-state index in [-0.39, 0.29) is 80.3 Å². The van der Waals surface area contributed by atoms with Gasteiger partial charge >= 0.3 is 18.6 Å². The Kier molecular flexibility index (Phi) is 24.4. The van der Waals surface area contributed by atoms with Crippen LogP contribution in [0.25, 0.3) is 0 Å². The molecule has 0 aromatic carbocycles. The minimum atomic E-state index is -1.45. The summed E-state index contributed by atoms with van der Waals surface area (Å²) in [5, 5.41) is 0. The maximum atomic E-state index is 5.61. The first kappa shape index (κ1) is 27.3. The monoisotopic (exact) mass is 446 g/mol. The van der Waals surface area contributed by atoms with Crippen molar-refractivity contribution in [1.29, 1.82) is 0 Å². The van der Waals surface area contributed by atoms with Gasteiger partial charge in [0.2, 0.25) is 0 Å². The van der Waals surface area contributed by atoms with Crippen LogP contribution in [-0.4, -0.2) is 37.1 Å².